The van der Waals surface area contributed by atoms with Crippen molar-refractivity contribution in [2.24, 2.45) is 17.1 Å². The molecule has 2 N–H and O–H groups in total. The number of nitrogens with zero attached hydrogens (tertiary/aromatic N) is 1. The minimum Gasteiger partial charge on any atom is -0.330 e. The SMILES string of the molecule is NCC1(CN2CCC(C(F)(F)F)CC2)CCCCC1. The van der Waals surface area contributed by atoms with Crippen LogP contribution in [0.25, 0.3) is 0 Å². The van der Waals surface area contributed by atoms with Crippen molar-refractivity contribution < 1.29 is 13.2 Å². The number of likely N-dealkylation sites (tertiary alicyclic amines) is 1. The summed E-state index contributed by atoms with van der Waals surface area (Å²) in [4.78, 5) is 2.21. The van der Waals surface area contributed by atoms with Crippen molar-refractivity contribution in [2.75, 3.05) is 26.2 Å². The fourth-order valence-electron chi connectivity index (χ4n) is 3.62. The van der Waals surface area contributed by atoms with Crippen molar-refractivity contribution >= 4 is 0 Å². The van der Waals surface area contributed by atoms with E-state index in [1.54, 1.807) is 0 Å². The number of alkyl halides is 3. The zero-order valence-corrected chi connectivity index (χ0v) is 11.5. The Labute approximate surface area is 113 Å². The topological polar surface area (TPSA) is 29.3 Å². The van der Waals surface area contributed by atoms with E-state index < -0.39 is 12.1 Å². The monoisotopic (exact) mass is 278 g/mol. The zero-order valence-electron chi connectivity index (χ0n) is 11.5. The van der Waals surface area contributed by atoms with Gasteiger partial charge in [-0.15, -0.1) is 0 Å². The molecule has 112 valence electrons. The van der Waals surface area contributed by atoms with Crippen LogP contribution < -0.4 is 5.73 Å². The molecule has 0 spiro atoms. The van der Waals surface area contributed by atoms with Gasteiger partial charge in [0, 0.05) is 6.54 Å². The molecule has 2 rings (SSSR count). The molecule has 2 aliphatic rings. The van der Waals surface area contributed by atoms with Crippen LogP contribution in [0.4, 0.5) is 13.2 Å². The Kier molecular flexibility index (Phi) is 4.77. The normalized spacial score (nSPS) is 26.5. The van der Waals surface area contributed by atoms with Crippen molar-refractivity contribution in [3.8, 4) is 0 Å². The van der Waals surface area contributed by atoms with E-state index in [0.717, 1.165) is 19.4 Å². The van der Waals surface area contributed by atoms with Gasteiger partial charge < -0.3 is 10.6 Å². The van der Waals surface area contributed by atoms with Gasteiger partial charge in [0.15, 0.2) is 0 Å². The Morgan fingerprint density at radius 1 is 1.05 bits per heavy atom. The van der Waals surface area contributed by atoms with Crippen LogP contribution in [0.2, 0.25) is 0 Å². The van der Waals surface area contributed by atoms with E-state index in [1.807, 2.05) is 0 Å². The van der Waals surface area contributed by atoms with Gasteiger partial charge in [0.2, 0.25) is 0 Å². The van der Waals surface area contributed by atoms with Crippen molar-refractivity contribution in [3.05, 3.63) is 0 Å². The molecule has 1 aliphatic carbocycles. The van der Waals surface area contributed by atoms with E-state index >= 15 is 0 Å². The summed E-state index contributed by atoms with van der Waals surface area (Å²) in [5, 5.41) is 0. The molecule has 0 aromatic heterocycles. The molecular formula is C14H25F3N2. The van der Waals surface area contributed by atoms with Crippen LogP contribution >= 0.6 is 0 Å². The van der Waals surface area contributed by atoms with Gasteiger partial charge in [0.1, 0.15) is 0 Å². The Hall–Kier alpha value is -0.290. The minimum absolute atomic E-state index is 0.170. The summed E-state index contributed by atoms with van der Waals surface area (Å²) in [5.41, 5.74) is 6.12. The minimum atomic E-state index is -4.01. The Bertz CT molecular complexity index is 277. The maximum Gasteiger partial charge on any atom is 0.391 e. The van der Waals surface area contributed by atoms with Crippen LogP contribution in [0.5, 0.6) is 0 Å². The highest BCUT2D eigenvalue weighted by Gasteiger charge is 2.42. The maximum absolute atomic E-state index is 12.6. The molecule has 2 nitrogen and oxygen atoms in total. The standard InChI is InChI=1S/C14H25F3N2/c15-14(16,17)12-4-8-19(9-5-12)11-13(10-18)6-2-1-3-7-13/h12H,1-11,18H2. The Morgan fingerprint density at radius 2 is 1.63 bits per heavy atom. The van der Waals surface area contributed by atoms with E-state index in [-0.39, 0.29) is 18.3 Å². The second kappa shape index (κ2) is 6.00. The number of rotatable bonds is 3. The van der Waals surface area contributed by atoms with E-state index in [0.29, 0.717) is 19.6 Å². The quantitative estimate of drug-likeness (QED) is 0.859. The largest absolute Gasteiger partial charge is 0.391 e. The van der Waals surface area contributed by atoms with E-state index in [2.05, 4.69) is 4.90 Å². The first-order valence-electron chi connectivity index (χ1n) is 7.44. The third-order valence-electron chi connectivity index (χ3n) is 4.96. The Morgan fingerprint density at radius 3 is 2.11 bits per heavy atom. The van der Waals surface area contributed by atoms with Gasteiger partial charge in [-0.3, -0.25) is 0 Å². The van der Waals surface area contributed by atoms with Crippen LogP contribution in [0.3, 0.4) is 0 Å². The number of hydrogen-bond acceptors (Lipinski definition) is 2. The van der Waals surface area contributed by atoms with E-state index in [9.17, 15) is 13.2 Å². The highest BCUT2D eigenvalue weighted by Crippen LogP contribution is 2.38. The molecule has 1 saturated carbocycles. The lowest BCUT2D eigenvalue weighted by Gasteiger charge is -2.42. The summed E-state index contributed by atoms with van der Waals surface area (Å²) < 4.78 is 37.9. The molecule has 1 saturated heterocycles. The van der Waals surface area contributed by atoms with Crippen molar-refractivity contribution in [3.63, 3.8) is 0 Å². The average Bonchev–Trinajstić information content (AvgIpc) is 2.39. The molecule has 0 unspecified atom stereocenters. The predicted octanol–water partition coefficient (Wildman–Crippen LogP) is 3.17. The summed E-state index contributed by atoms with van der Waals surface area (Å²) in [7, 11) is 0. The molecule has 0 aromatic carbocycles. The molecule has 1 aliphatic heterocycles. The zero-order chi connectivity index (χ0) is 13.9. The van der Waals surface area contributed by atoms with E-state index in [4.69, 9.17) is 5.73 Å². The molecule has 19 heavy (non-hydrogen) atoms. The molecule has 0 amide bonds. The van der Waals surface area contributed by atoms with Crippen molar-refractivity contribution in [1.29, 1.82) is 0 Å². The van der Waals surface area contributed by atoms with Crippen LogP contribution in [0.15, 0.2) is 0 Å². The summed E-state index contributed by atoms with van der Waals surface area (Å²) in [6.45, 7) is 2.72. The van der Waals surface area contributed by atoms with Gasteiger partial charge in [-0.2, -0.15) is 13.2 Å². The number of piperidine rings is 1. The maximum atomic E-state index is 12.6. The third-order valence-corrected chi connectivity index (χ3v) is 4.96. The first kappa shape index (κ1) is 15.1. The number of hydrogen-bond donors (Lipinski definition) is 1. The van der Waals surface area contributed by atoms with Gasteiger partial charge in [-0.25, -0.2) is 0 Å². The van der Waals surface area contributed by atoms with Crippen molar-refractivity contribution in [1.82, 2.24) is 4.90 Å². The molecule has 1 heterocycles. The van der Waals surface area contributed by atoms with Crippen LogP contribution in [-0.4, -0.2) is 37.3 Å². The molecule has 0 atom stereocenters. The van der Waals surface area contributed by atoms with Gasteiger partial charge in [-0.1, -0.05) is 19.3 Å². The molecule has 0 bridgehead atoms. The van der Waals surface area contributed by atoms with Gasteiger partial charge in [0.05, 0.1) is 5.92 Å². The second-order valence-electron chi connectivity index (χ2n) is 6.36. The summed E-state index contributed by atoms with van der Waals surface area (Å²) in [6.07, 6.45) is 2.49. The molecule has 0 aromatic rings. The van der Waals surface area contributed by atoms with Crippen LogP contribution in [-0.2, 0) is 0 Å². The lowest BCUT2D eigenvalue weighted by molar-refractivity contribution is -0.185. The second-order valence-corrected chi connectivity index (χ2v) is 6.36. The summed E-state index contributed by atoms with van der Waals surface area (Å²) in [6, 6.07) is 0. The smallest absolute Gasteiger partial charge is 0.330 e. The molecule has 5 heteroatoms. The van der Waals surface area contributed by atoms with Gasteiger partial charge >= 0.3 is 6.18 Å². The van der Waals surface area contributed by atoms with Gasteiger partial charge in [0.25, 0.3) is 0 Å². The highest BCUT2D eigenvalue weighted by atomic mass is 19.4. The van der Waals surface area contributed by atoms with Crippen molar-refractivity contribution in [2.45, 2.75) is 51.1 Å². The fraction of sp³-hybridized carbons (Fsp3) is 1.00. The molecule has 2 fully saturated rings. The molecular weight excluding hydrogens is 253 g/mol. The lowest BCUT2D eigenvalue weighted by atomic mass is 9.73. The summed E-state index contributed by atoms with van der Waals surface area (Å²) >= 11 is 0. The molecule has 0 radical (unpaired) electrons. The first-order valence-corrected chi connectivity index (χ1v) is 7.44. The first-order chi connectivity index (χ1) is 8.95. The lowest BCUT2D eigenvalue weighted by Crippen LogP contribution is -2.47. The third kappa shape index (κ3) is 3.85. The van der Waals surface area contributed by atoms with Crippen LogP contribution in [0, 0.1) is 11.3 Å². The van der Waals surface area contributed by atoms with Gasteiger partial charge in [-0.05, 0) is 50.7 Å². The number of nitrogens with two attached hydrogens (primary N) is 1. The average molecular weight is 278 g/mol. The fourth-order valence-corrected chi connectivity index (χ4v) is 3.62. The summed E-state index contributed by atoms with van der Waals surface area (Å²) in [5.74, 6) is -1.09. The van der Waals surface area contributed by atoms with E-state index in [1.165, 1.54) is 19.3 Å². The Balaban J connectivity index is 1.84. The predicted molar refractivity (Wildman–Crippen MR) is 69.8 cm³/mol. The van der Waals surface area contributed by atoms with Crippen LogP contribution in [0.1, 0.15) is 44.9 Å². The number of halogens is 3. The highest BCUT2D eigenvalue weighted by molar-refractivity contribution is 4.88.